The predicted molar refractivity (Wildman–Crippen MR) is 62.5 cm³/mol. The van der Waals surface area contributed by atoms with E-state index in [2.05, 4.69) is 32.0 Å². The molecule has 0 saturated carbocycles. The van der Waals surface area contributed by atoms with Crippen molar-refractivity contribution >= 4 is 0 Å². The molecule has 88 valence electrons. The zero-order valence-corrected chi connectivity index (χ0v) is 9.47. The molecule has 0 amide bonds. The number of hydrogen-bond donors (Lipinski definition) is 2. The number of rotatable bonds is 1. The molecule has 17 heavy (non-hydrogen) atoms. The maximum absolute atomic E-state index is 11.3. The van der Waals surface area contributed by atoms with Gasteiger partial charge in [0.1, 0.15) is 5.82 Å². The van der Waals surface area contributed by atoms with Crippen LogP contribution in [0.15, 0.2) is 23.1 Å². The molecule has 1 aliphatic rings. The van der Waals surface area contributed by atoms with Gasteiger partial charge in [0.05, 0.1) is 6.04 Å². The Morgan fingerprint density at radius 3 is 3.18 bits per heavy atom. The number of pyridine rings is 1. The van der Waals surface area contributed by atoms with Crippen LogP contribution in [0, 0.1) is 0 Å². The van der Waals surface area contributed by atoms with Crippen LogP contribution in [0.3, 0.4) is 0 Å². The molecule has 1 atom stereocenters. The molecular formula is C11H13N5O. The van der Waals surface area contributed by atoms with Gasteiger partial charge in [-0.15, -0.1) is 10.2 Å². The van der Waals surface area contributed by atoms with Crippen LogP contribution >= 0.6 is 0 Å². The Balaban J connectivity index is 2.13. The SMILES string of the molecule is CC1NCCn2c(-c3cc[nH]c(=O)c3)nnc21. The van der Waals surface area contributed by atoms with Crippen molar-refractivity contribution in [3.63, 3.8) is 0 Å². The second kappa shape index (κ2) is 3.81. The fourth-order valence-electron chi connectivity index (χ4n) is 2.14. The van der Waals surface area contributed by atoms with Gasteiger partial charge in [-0.25, -0.2) is 0 Å². The average molecular weight is 231 g/mol. The van der Waals surface area contributed by atoms with Crippen LogP contribution in [0.25, 0.3) is 11.4 Å². The molecular weight excluding hydrogens is 218 g/mol. The van der Waals surface area contributed by atoms with Crippen molar-refractivity contribution in [2.45, 2.75) is 19.5 Å². The van der Waals surface area contributed by atoms with Gasteiger partial charge >= 0.3 is 0 Å². The molecule has 0 spiro atoms. The normalized spacial score (nSPS) is 19.0. The maximum atomic E-state index is 11.3. The van der Waals surface area contributed by atoms with Crippen molar-refractivity contribution in [1.82, 2.24) is 25.1 Å². The molecule has 6 heteroatoms. The summed E-state index contributed by atoms with van der Waals surface area (Å²) in [6.07, 6.45) is 1.63. The minimum atomic E-state index is -0.123. The standard InChI is InChI=1S/C11H13N5O/c1-7-10-14-15-11(16(10)5-4-12-7)8-2-3-13-9(17)6-8/h2-3,6-7,12H,4-5H2,1H3,(H,13,17). The van der Waals surface area contributed by atoms with Crippen LogP contribution in [0.2, 0.25) is 0 Å². The third-order valence-electron chi connectivity index (χ3n) is 2.99. The molecule has 6 nitrogen and oxygen atoms in total. The van der Waals surface area contributed by atoms with E-state index in [1.807, 2.05) is 6.07 Å². The number of fused-ring (bicyclic) bond motifs is 1. The fourth-order valence-corrected chi connectivity index (χ4v) is 2.14. The van der Waals surface area contributed by atoms with Crippen molar-refractivity contribution in [3.8, 4) is 11.4 Å². The van der Waals surface area contributed by atoms with E-state index >= 15 is 0 Å². The highest BCUT2D eigenvalue weighted by atomic mass is 16.1. The third kappa shape index (κ3) is 1.66. The van der Waals surface area contributed by atoms with Gasteiger partial charge in [-0.3, -0.25) is 4.79 Å². The lowest BCUT2D eigenvalue weighted by molar-refractivity contribution is 0.439. The lowest BCUT2D eigenvalue weighted by Gasteiger charge is -2.21. The molecule has 1 unspecified atom stereocenters. The number of aromatic amines is 1. The molecule has 1 aliphatic heterocycles. The van der Waals surface area contributed by atoms with Crippen LogP contribution in [-0.2, 0) is 6.54 Å². The zero-order chi connectivity index (χ0) is 11.8. The molecule has 0 aromatic carbocycles. The first kappa shape index (κ1) is 10.2. The maximum Gasteiger partial charge on any atom is 0.248 e. The second-order valence-corrected chi connectivity index (χ2v) is 4.15. The van der Waals surface area contributed by atoms with E-state index in [4.69, 9.17) is 0 Å². The van der Waals surface area contributed by atoms with Crippen molar-refractivity contribution in [2.75, 3.05) is 6.54 Å². The van der Waals surface area contributed by atoms with Crippen LogP contribution in [0.4, 0.5) is 0 Å². The third-order valence-corrected chi connectivity index (χ3v) is 2.99. The van der Waals surface area contributed by atoms with Crippen LogP contribution < -0.4 is 10.9 Å². The Morgan fingerprint density at radius 2 is 2.35 bits per heavy atom. The number of H-pyrrole nitrogens is 1. The van der Waals surface area contributed by atoms with Gasteiger partial charge in [0.25, 0.3) is 0 Å². The van der Waals surface area contributed by atoms with E-state index in [0.717, 1.165) is 30.3 Å². The average Bonchev–Trinajstić information content (AvgIpc) is 2.74. The van der Waals surface area contributed by atoms with E-state index in [1.165, 1.54) is 0 Å². The molecule has 2 N–H and O–H groups in total. The largest absolute Gasteiger partial charge is 0.329 e. The highest BCUT2D eigenvalue weighted by Gasteiger charge is 2.21. The quantitative estimate of drug-likeness (QED) is 0.740. The van der Waals surface area contributed by atoms with E-state index in [9.17, 15) is 4.79 Å². The molecule has 0 fully saturated rings. The highest BCUT2D eigenvalue weighted by molar-refractivity contribution is 5.54. The van der Waals surface area contributed by atoms with Crippen LogP contribution in [-0.4, -0.2) is 26.3 Å². The first-order valence-electron chi connectivity index (χ1n) is 5.61. The van der Waals surface area contributed by atoms with Crippen LogP contribution in [0.1, 0.15) is 18.8 Å². The summed E-state index contributed by atoms with van der Waals surface area (Å²) < 4.78 is 2.07. The lowest BCUT2D eigenvalue weighted by Crippen LogP contribution is -2.32. The Morgan fingerprint density at radius 1 is 1.47 bits per heavy atom. The first-order valence-corrected chi connectivity index (χ1v) is 5.61. The summed E-state index contributed by atoms with van der Waals surface area (Å²) >= 11 is 0. The smallest absolute Gasteiger partial charge is 0.248 e. The number of hydrogen-bond acceptors (Lipinski definition) is 4. The van der Waals surface area contributed by atoms with Gasteiger partial charge in [0.2, 0.25) is 5.56 Å². The van der Waals surface area contributed by atoms with Gasteiger partial charge in [-0.05, 0) is 13.0 Å². The van der Waals surface area contributed by atoms with Gasteiger partial charge < -0.3 is 14.9 Å². The summed E-state index contributed by atoms with van der Waals surface area (Å²) in [4.78, 5) is 13.9. The fraction of sp³-hybridized carbons (Fsp3) is 0.364. The number of nitrogens with zero attached hydrogens (tertiary/aromatic N) is 3. The van der Waals surface area contributed by atoms with Gasteiger partial charge in [0.15, 0.2) is 5.82 Å². The van der Waals surface area contributed by atoms with E-state index < -0.39 is 0 Å². The molecule has 3 heterocycles. The van der Waals surface area contributed by atoms with Crippen molar-refractivity contribution in [1.29, 1.82) is 0 Å². The molecule has 0 bridgehead atoms. The second-order valence-electron chi connectivity index (χ2n) is 4.15. The minimum absolute atomic E-state index is 0.123. The molecule has 3 rings (SSSR count). The molecule has 0 radical (unpaired) electrons. The highest BCUT2D eigenvalue weighted by Crippen LogP contribution is 2.21. The zero-order valence-electron chi connectivity index (χ0n) is 9.47. The summed E-state index contributed by atoms with van der Waals surface area (Å²) in [6, 6.07) is 3.59. The summed E-state index contributed by atoms with van der Waals surface area (Å²) in [6.45, 7) is 3.78. The van der Waals surface area contributed by atoms with E-state index in [-0.39, 0.29) is 11.6 Å². The van der Waals surface area contributed by atoms with Crippen LogP contribution in [0.5, 0.6) is 0 Å². The summed E-state index contributed by atoms with van der Waals surface area (Å²) in [5, 5.41) is 11.7. The molecule has 0 aliphatic carbocycles. The first-order chi connectivity index (χ1) is 8.25. The van der Waals surface area contributed by atoms with Crippen molar-refractivity contribution < 1.29 is 0 Å². The monoisotopic (exact) mass is 231 g/mol. The number of nitrogens with one attached hydrogen (secondary N) is 2. The Bertz CT molecular complexity index is 600. The molecule has 2 aromatic heterocycles. The van der Waals surface area contributed by atoms with E-state index in [0.29, 0.717) is 0 Å². The summed E-state index contributed by atoms with van der Waals surface area (Å²) in [7, 11) is 0. The van der Waals surface area contributed by atoms with Gasteiger partial charge in [-0.1, -0.05) is 0 Å². The predicted octanol–water partition coefficient (Wildman–Crippen LogP) is 0.298. The molecule has 0 saturated heterocycles. The number of aromatic nitrogens is 4. The Labute approximate surface area is 97.7 Å². The Kier molecular flexibility index (Phi) is 2.29. The minimum Gasteiger partial charge on any atom is -0.329 e. The Hall–Kier alpha value is -1.95. The molecule has 2 aromatic rings. The van der Waals surface area contributed by atoms with Crippen molar-refractivity contribution in [2.24, 2.45) is 0 Å². The summed E-state index contributed by atoms with van der Waals surface area (Å²) in [5.41, 5.74) is 0.684. The van der Waals surface area contributed by atoms with Crippen molar-refractivity contribution in [3.05, 3.63) is 34.5 Å². The topological polar surface area (TPSA) is 75.6 Å². The van der Waals surface area contributed by atoms with Gasteiger partial charge in [-0.2, -0.15) is 0 Å². The van der Waals surface area contributed by atoms with Gasteiger partial charge in [0, 0.05) is 30.9 Å². The van der Waals surface area contributed by atoms with E-state index in [1.54, 1.807) is 12.3 Å². The lowest BCUT2D eigenvalue weighted by atomic mass is 10.2. The summed E-state index contributed by atoms with van der Waals surface area (Å²) in [5.74, 6) is 1.69.